The summed E-state index contributed by atoms with van der Waals surface area (Å²) in [5.74, 6) is 0.200. The Kier molecular flexibility index (Phi) is 3.56. The number of hydrogen-bond donors (Lipinski definition) is 0. The van der Waals surface area contributed by atoms with Gasteiger partial charge in [0.2, 0.25) is 0 Å². The maximum absolute atomic E-state index is 3.87. The first-order chi connectivity index (χ1) is 8.36. The molecule has 0 saturated heterocycles. The van der Waals surface area contributed by atoms with E-state index >= 15 is 0 Å². The molecule has 0 nitrogen and oxygen atoms in total. The van der Waals surface area contributed by atoms with E-state index in [1.807, 2.05) is 18.2 Å². The van der Waals surface area contributed by atoms with Gasteiger partial charge in [0.25, 0.3) is 0 Å². The van der Waals surface area contributed by atoms with Crippen molar-refractivity contribution in [2.75, 3.05) is 0 Å². The Morgan fingerprint density at radius 2 is 1.35 bits per heavy atom. The van der Waals surface area contributed by atoms with E-state index in [0.29, 0.717) is 0 Å². The van der Waals surface area contributed by atoms with E-state index in [-0.39, 0.29) is 5.92 Å². The largest absolute Gasteiger partial charge is 0.102 e. The molecule has 2 aromatic carbocycles. The van der Waals surface area contributed by atoms with Crippen LogP contribution in [-0.4, -0.2) is 0 Å². The SMILES string of the molecule is C=CC(C=C)c1ccccc1-c1ccccc1. The molecule has 0 aliphatic rings. The zero-order valence-electron chi connectivity index (χ0n) is 9.84. The molecular formula is C17H16. The molecule has 0 radical (unpaired) electrons. The van der Waals surface area contributed by atoms with Gasteiger partial charge in [-0.1, -0.05) is 66.7 Å². The Labute approximate surface area is 103 Å². The van der Waals surface area contributed by atoms with Crippen molar-refractivity contribution in [3.05, 3.63) is 85.5 Å². The quantitative estimate of drug-likeness (QED) is 0.649. The van der Waals surface area contributed by atoms with E-state index in [4.69, 9.17) is 0 Å². The van der Waals surface area contributed by atoms with Crippen LogP contribution >= 0.6 is 0 Å². The van der Waals surface area contributed by atoms with Crippen LogP contribution in [0.1, 0.15) is 11.5 Å². The molecule has 0 aliphatic carbocycles. The molecule has 0 aliphatic heterocycles. The van der Waals surface area contributed by atoms with Crippen LogP contribution in [0.25, 0.3) is 11.1 Å². The minimum absolute atomic E-state index is 0.200. The second-order valence-corrected chi connectivity index (χ2v) is 3.95. The van der Waals surface area contributed by atoms with Crippen LogP contribution in [-0.2, 0) is 0 Å². The lowest BCUT2D eigenvalue weighted by atomic mass is 9.91. The van der Waals surface area contributed by atoms with Gasteiger partial charge in [0, 0.05) is 5.92 Å². The predicted molar refractivity (Wildman–Crippen MR) is 75.0 cm³/mol. The van der Waals surface area contributed by atoms with Crippen LogP contribution in [0.2, 0.25) is 0 Å². The molecule has 0 amide bonds. The molecule has 0 unspecified atom stereocenters. The van der Waals surface area contributed by atoms with Gasteiger partial charge in [0.15, 0.2) is 0 Å². The summed E-state index contributed by atoms with van der Waals surface area (Å²) in [7, 11) is 0. The van der Waals surface area contributed by atoms with Gasteiger partial charge in [0.1, 0.15) is 0 Å². The Hall–Kier alpha value is -2.08. The van der Waals surface area contributed by atoms with Crippen LogP contribution < -0.4 is 0 Å². The molecule has 0 N–H and O–H groups in total. The van der Waals surface area contributed by atoms with E-state index in [1.165, 1.54) is 16.7 Å². The predicted octanol–water partition coefficient (Wildman–Crippen LogP) is 4.81. The van der Waals surface area contributed by atoms with Crippen LogP contribution in [0, 0.1) is 0 Å². The second-order valence-electron chi connectivity index (χ2n) is 3.95. The fraction of sp³-hybridized carbons (Fsp3) is 0.0588. The molecule has 0 spiro atoms. The molecule has 0 fully saturated rings. The smallest absolute Gasteiger partial charge is 0.0199 e. The number of allylic oxidation sites excluding steroid dienone is 2. The van der Waals surface area contributed by atoms with Crippen molar-refractivity contribution in [2.24, 2.45) is 0 Å². The Morgan fingerprint density at radius 1 is 0.765 bits per heavy atom. The van der Waals surface area contributed by atoms with Gasteiger partial charge in [-0.15, -0.1) is 13.2 Å². The van der Waals surface area contributed by atoms with E-state index in [1.54, 1.807) is 0 Å². The van der Waals surface area contributed by atoms with Gasteiger partial charge >= 0.3 is 0 Å². The van der Waals surface area contributed by atoms with Gasteiger partial charge in [-0.25, -0.2) is 0 Å². The molecule has 0 aromatic heterocycles. The first-order valence-corrected chi connectivity index (χ1v) is 5.76. The summed E-state index contributed by atoms with van der Waals surface area (Å²) in [6.07, 6.45) is 3.85. The average molecular weight is 220 g/mol. The summed E-state index contributed by atoms with van der Waals surface area (Å²) >= 11 is 0. The van der Waals surface area contributed by atoms with Crippen LogP contribution in [0.3, 0.4) is 0 Å². The van der Waals surface area contributed by atoms with Gasteiger partial charge in [-0.05, 0) is 16.7 Å². The van der Waals surface area contributed by atoms with Crippen LogP contribution in [0.5, 0.6) is 0 Å². The highest BCUT2D eigenvalue weighted by Gasteiger charge is 2.09. The molecule has 2 rings (SSSR count). The molecule has 0 atom stereocenters. The van der Waals surface area contributed by atoms with Crippen LogP contribution in [0.4, 0.5) is 0 Å². The van der Waals surface area contributed by atoms with Gasteiger partial charge in [-0.3, -0.25) is 0 Å². The Morgan fingerprint density at radius 3 is 2.00 bits per heavy atom. The summed E-state index contributed by atoms with van der Waals surface area (Å²) in [5.41, 5.74) is 3.73. The van der Waals surface area contributed by atoms with E-state index in [0.717, 1.165) is 0 Å². The Balaban J connectivity index is 2.55. The minimum atomic E-state index is 0.200. The fourth-order valence-electron chi connectivity index (χ4n) is 2.02. The summed E-state index contributed by atoms with van der Waals surface area (Å²) in [4.78, 5) is 0. The molecule has 0 saturated carbocycles. The fourth-order valence-corrected chi connectivity index (χ4v) is 2.02. The number of hydrogen-bond acceptors (Lipinski definition) is 0. The highest BCUT2D eigenvalue weighted by atomic mass is 14.1. The highest BCUT2D eigenvalue weighted by Crippen LogP contribution is 2.30. The first kappa shape index (κ1) is 11.4. The third-order valence-electron chi connectivity index (χ3n) is 2.91. The molecule has 84 valence electrons. The lowest BCUT2D eigenvalue weighted by Gasteiger charge is -2.13. The topological polar surface area (TPSA) is 0 Å². The van der Waals surface area contributed by atoms with Crippen LogP contribution in [0.15, 0.2) is 79.9 Å². The van der Waals surface area contributed by atoms with E-state index in [2.05, 4.69) is 61.7 Å². The lowest BCUT2D eigenvalue weighted by Crippen LogP contribution is -1.93. The third kappa shape index (κ3) is 2.36. The Bertz CT molecular complexity index is 501. The van der Waals surface area contributed by atoms with E-state index < -0.39 is 0 Å². The van der Waals surface area contributed by atoms with Crippen molar-refractivity contribution >= 4 is 0 Å². The molecule has 2 aromatic rings. The summed E-state index contributed by atoms with van der Waals surface area (Å²) < 4.78 is 0. The zero-order chi connectivity index (χ0) is 12.1. The highest BCUT2D eigenvalue weighted by molar-refractivity contribution is 5.68. The van der Waals surface area contributed by atoms with Crippen molar-refractivity contribution in [3.63, 3.8) is 0 Å². The lowest BCUT2D eigenvalue weighted by molar-refractivity contribution is 1.09. The standard InChI is InChI=1S/C17H16/c1-3-14(4-2)16-12-8-9-13-17(16)15-10-6-5-7-11-15/h3-14H,1-2H2. The molecular weight excluding hydrogens is 204 g/mol. The van der Waals surface area contributed by atoms with Crippen molar-refractivity contribution in [3.8, 4) is 11.1 Å². The van der Waals surface area contributed by atoms with Gasteiger partial charge in [-0.2, -0.15) is 0 Å². The van der Waals surface area contributed by atoms with Crippen molar-refractivity contribution in [1.82, 2.24) is 0 Å². The molecule has 0 heterocycles. The average Bonchev–Trinajstić information content (AvgIpc) is 2.42. The third-order valence-corrected chi connectivity index (χ3v) is 2.91. The van der Waals surface area contributed by atoms with Gasteiger partial charge < -0.3 is 0 Å². The molecule has 17 heavy (non-hydrogen) atoms. The second kappa shape index (κ2) is 5.31. The molecule has 0 bridgehead atoms. The number of benzene rings is 2. The summed E-state index contributed by atoms with van der Waals surface area (Å²) in [5, 5.41) is 0. The molecule has 0 heteroatoms. The maximum Gasteiger partial charge on any atom is 0.0199 e. The monoisotopic (exact) mass is 220 g/mol. The number of rotatable bonds is 4. The first-order valence-electron chi connectivity index (χ1n) is 5.76. The van der Waals surface area contributed by atoms with E-state index in [9.17, 15) is 0 Å². The normalized spacial score (nSPS) is 10.2. The van der Waals surface area contributed by atoms with Gasteiger partial charge in [0.05, 0.1) is 0 Å². The van der Waals surface area contributed by atoms with Crippen molar-refractivity contribution in [1.29, 1.82) is 0 Å². The summed E-state index contributed by atoms with van der Waals surface area (Å²) in [6.45, 7) is 7.74. The minimum Gasteiger partial charge on any atom is -0.102 e. The van der Waals surface area contributed by atoms with Crippen molar-refractivity contribution in [2.45, 2.75) is 5.92 Å². The summed E-state index contributed by atoms with van der Waals surface area (Å²) in [6, 6.07) is 18.8. The zero-order valence-corrected chi connectivity index (χ0v) is 9.84. The van der Waals surface area contributed by atoms with Crippen molar-refractivity contribution < 1.29 is 0 Å². The maximum atomic E-state index is 3.87.